The summed E-state index contributed by atoms with van der Waals surface area (Å²) in [6.07, 6.45) is 4.72. The number of carboxylic acid groups (broad SMARTS) is 1. The summed E-state index contributed by atoms with van der Waals surface area (Å²) in [4.78, 5) is 11.7. The molecule has 0 saturated heterocycles. The van der Waals surface area contributed by atoms with Crippen molar-refractivity contribution in [2.45, 2.75) is 44.9 Å². The molecule has 152 valence electrons. The van der Waals surface area contributed by atoms with E-state index in [1.165, 1.54) is 6.07 Å². The molecule has 1 fully saturated rings. The lowest BCUT2D eigenvalue weighted by atomic mass is 9.78. The van der Waals surface area contributed by atoms with Crippen LogP contribution in [0, 0.1) is 23.1 Å². The van der Waals surface area contributed by atoms with E-state index in [4.69, 9.17) is 10.00 Å². The van der Waals surface area contributed by atoms with Gasteiger partial charge in [0.25, 0.3) is 0 Å². The van der Waals surface area contributed by atoms with Crippen LogP contribution in [-0.4, -0.2) is 24.3 Å². The van der Waals surface area contributed by atoms with E-state index in [2.05, 4.69) is 6.92 Å². The lowest BCUT2D eigenvalue weighted by molar-refractivity contribution is 0.0697. The van der Waals surface area contributed by atoms with Gasteiger partial charge in [-0.2, -0.15) is 5.26 Å². The molecule has 1 N–H and O–H groups in total. The lowest BCUT2D eigenvalue weighted by Gasteiger charge is -2.29. The van der Waals surface area contributed by atoms with Gasteiger partial charge in [-0.25, -0.2) is 9.18 Å². The summed E-state index contributed by atoms with van der Waals surface area (Å²) < 4.78 is 21.2. The number of carbonyl (C=O) groups is 1. The Labute approximate surface area is 170 Å². The van der Waals surface area contributed by atoms with Crippen molar-refractivity contribution in [2.75, 3.05) is 13.2 Å². The molecule has 0 spiro atoms. The quantitative estimate of drug-likeness (QED) is 0.605. The maximum atomic E-state index is 15.5. The highest BCUT2D eigenvalue weighted by molar-refractivity contribution is 5.96. The second-order valence-corrected chi connectivity index (χ2v) is 7.68. The normalized spacial score (nSPS) is 18.9. The van der Waals surface area contributed by atoms with Crippen molar-refractivity contribution in [3.05, 3.63) is 58.9 Å². The molecule has 1 saturated carbocycles. The first-order chi connectivity index (χ1) is 14.0. The van der Waals surface area contributed by atoms with Gasteiger partial charge in [0.2, 0.25) is 0 Å². The van der Waals surface area contributed by atoms with E-state index >= 15 is 4.39 Å². The van der Waals surface area contributed by atoms with E-state index in [-0.39, 0.29) is 17.0 Å². The molecule has 0 heterocycles. The fourth-order valence-electron chi connectivity index (χ4n) is 4.11. The summed E-state index contributed by atoms with van der Waals surface area (Å²) in [6, 6.07) is 11.5. The molecule has 0 amide bonds. The van der Waals surface area contributed by atoms with Crippen LogP contribution in [0.2, 0.25) is 0 Å². The number of rotatable bonds is 7. The van der Waals surface area contributed by atoms with Crippen molar-refractivity contribution in [2.24, 2.45) is 5.92 Å². The molecule has 29 heavy (non-hydrogen) atoms. The molecule has 2 aromatic carbocycles. The fraction of sp³-hybridized carbons (Fsp3) is 0.417. The third-order valence-corrected chi connectivity index (χ3v) is 5.69. The minimum atomic E-state index is -1.16. The maximum Gasteiger partial charge on any atom is 0.336 e. The molecule has 4 nitrogen and oxygen atoms in total. The van der Waals surface area contributed by atoms with Gasteiger partial charge in [0.1, 0.15) is 5.82 Å². The van der Waals surface area contributed by atoms with Gasteiger partial charge in [0.05, 0.1) is 17.2 Å². The van der Waals surface area contributed by atoms with Gasteiger partial charge in [0.15, 0.2) is 0 Å². The Morgan fingerprint density at radius 3 is 2.45 bits per heavy atom. The second-order valence-electron chi connectivity index (χ2n) is 7.68. The molecular weight excluding hydrogens is 369 g/mol. The van der Waals surface area contributed by atoms with Crippen LogP contribution in [0.4, 0.5) is 4.39 Å². The van der Waals surface area contributed by atoms with Crippen molar-refractivity contribution in [3.63, 3.8) is 0 Å². The number of hydrogen-bond donors (Lipinski definition) is 1. The minimum absolute atomic E-state index is 0.0578. The van der Waals surface area contributed by atoms with Crippen LogP contribution >= 0.6 is 0 Å². The Bertz CT molecular complexity index is 894. The van der Waals surface area contributed by atoms with E-state index in [9.17, 15) is 9.90 Å². The third kappa shape index (κ3) is 4.83. The highest BCUT2D eigenvalue weighted by Crippen LogP contribution is 2.40. The summed E-state index contributed by atoms with van der Waals surface area (Å²) in [7, 11) is 0. The summed E-state index contributed by atoms with van der Waals surface area (Å²) in [6.45, 7) is 3.63. The molecule has 1 aliphatic carbocycles. The number of aromatic carboxylic acids is 1. The molecular formula is C24H26FNO3. The number of ether oxygens (including phenoxy) is 1. The molecule has 0 aliphatic heterocycles. The third-order valence-electron chi connectivity index (χ3n) is 5.69. The van der Waals surface area contributed by atoms with E-state index in [0.717, 1.165) is 45.3 Å². The number of halogens is 1. The standard InChI is InChI=1S/C24H26FNO3/c1-2-13-29-15-17-5-7-18(8-6-17)20-11-12-21(24(27)28)22(23(20)25)19-9-3-16(14-26)4-10-19/h3-4,9-12,17-18H,2,5-8,13,15H2,1H3,(H,27,28). The van der Waals surface area contributed by atoms with Crippen molar-refractivity contribution in [1.29, 1.82) is 5.26 Å². The van der Waals surface area contributed by atoms with Crippen LogP contribution in [0.5, 0.6) is 0 Å². The molecule has 3 rings (SSSR count). The molecule has 0 radical (unpaired) electrons. The largest absolute Gasteiger partial charge is 0.478 e. The Morgan fingerprint density at radius 1 is 1.17 bits per heavy atom. The highest BCUT2D eigenvalue weighted by atomic mass is 19.1. The predicted molar refractivity (Wildman–Crippen MR) is 109 cm³/mol. The van der Waals surface area contributed by atoms with Crippen LogP contribution in [-0.2, 0) is 4.74 Å². The van der Waals surface area contributed by atoms with Crippen LogP contribution in [0.3, 0.4) is 0 Å². The van der Waals surface area contributed by atoms with Gasteiger partial charge in [-0.3, -0.25) is 0 Å². The molecule has 0 unspecified atom stereocenters. The topological polar surface area (TPSA) is 70.3 Å². The zero-order chi connectivity index (χ0) is 20.8. The second kappa shape index (κ2) is 9.67. The molecule has 0 bridgehead atoms. The summed E-state index contributed by atoms with van der Waals surface area (Å²) in [5, 5.41) is 18.5. The first-order valence-electron chi connectivity index (χ1n) is 10.2. The zero-order valence-corrected chi connectivity index (χ0v) is 16.7. The number of hydrogen-bond acceptors (Lipinski definition) is 3. The summed E-state index contributed by atoms with van der Waals surface area (Å²) in [5.41, 5.74) is 1.56. The van der Waals surface area contributed by atoms with E-state index in [0.29, 0.717) is 22.6 Å². The first-order valence-corrected chi connectivity index (χ1v) is 10.2. The van der Waals surface area contributed by atoms with Gasteiger partial charge >= 0.3 is 5.97 Å². The Balaban J connectivity index is 1.86. The van der Waals surface area contributed by atoms with Crippen molar-refractivity contribution < 1.29 is 19.0 Å². The lowest BCUT2D eigenvalue weighted by Crippen LogP contribution is -2.19. The van der Waals surface area contributed by atoms with Crippen molar-refractivity contribution in [3.8, 4) is 17.2 Å². The number of nitriles is 1. The number of carboxylic acids is 1. The average Bonchev–Trinajstić information content (AvgIpc) is 2.74. The summed E-state index contributed by atoms with van der Waals surface area (Å²) >= 11 is 0. The highest BCUT2D eigenvalue weighted by Gasteiger charge is 2.27. The van der Waals surface area contributed by atoms with Crippen molar-refractivity contribution >= 4 is 5.97 Å². The monoisotopic (exact) mass is 395 g/mol. The smallest absolute Gasteiger partial charge is 0.336 e. The van der Waals surface area contributed by atoms with E-state index in [1.807, 2.05) is 6.07 Å². The number of nitrogens with zero attached hydrogens (tertiary/aromatic N) is 1. The van der Waals surface area contributed by atoms with Crippen LogP contribution in [0.15, 0.2) is 36.4 Å². The first kappa shape index (κ1) is 21.0. The zero-order valence-electron chi connectivity index (χ0n) is 16.7. The van der Waals surface area contributed by atoms with Crippen LogP contribution in [0.25, 0.3) is 11.1 Å². The molecule has 5 heteroatoms. The van der Waals surface area contributed by atoms with Gasteiger partial charge in [-0.1, -0.05) is 25.1 Å². The molecule has 0 atom stereocenters. The van der Waals surface area contributed by atoms with Crippen molar-refractivity contribution in [1.82, 2.24) is 0 Å². The fourth-order valence-corrected chi connectivity index (χ4v) is 4.11. The Hall–Kier alpha value is -2.71. The Morgan fingerprint density at radius 2 is 1.86 bits per heavy atom. The van der Waals surface area contributed by atoms with Gasteiger partial charge in [-0.05, 0) is 73.3 Å². The molecule has 0 aromatic heterocycles. The number of benzene rings is 2. The van der Waals surface area contributed by atoms with Crippen LogP contribution < -0.4 is 0 Å². The SMILES string of the molecule is CCCOCC1CCC(c2ccc(C(=O)O)c(-c3ccc(C#N)cc3)c2F)CC1. The van der Waals surface area contributed by atoms with Gasteiger partial charge < -0.3 is 9.84 Å². The predicted octanol–water partition coefficient (Wildman–Crippen LogP) is 5.76. The van der Waals surface area contributed by atoms with E-state index in [1.54, 1.807) is 30.3 Å². The average molecular weight is 395 g/mol. The molecule has 1 aliphatic rings. The minimum Gasteiger partial charge on any atom is -0.478 e. The van der Waals surface area contributed by atoms with E-state index < -0.39 is 11.8 Å². The van der Waals surface area contributed by atoms with Crippen LogP contribution in [0.1, 0.15) is 66.4 Å². The van der Waals surface area contributed by atoms with Gasteiger partial charge in [0, 0.05) is 18.8 Å². The maximum absolute atomic E-state index is 15.5. The summed E-state index contributed by atoms with van der Waals surface area (Å²) in [5.74, 6) is -1.03. The Kier molecular flexibility index (Phi) is 7.00. The van der Waals surface area contributed by atoms with Gasteiger partial charge in [-0.15, -0.1) is 0 Å². The molecule has 2 aromatic rings.